The van der Waals surface area contributed by atoms with E-state index in [2.05, 4.69) is 52.1 Å². The Bertz CT molecular complexity index is 955. The molecule has 0 radical (unpaired) electrons. The lowest BCUT2D eigenvalue weighted by molar-refractivity contribution is 0.0914. The van der Waals surface area contributed by atoms with Gasteiger partial charge >= 0.3 is 0 Å². The van der Waals surface area contributed by atoms with Crippen LogP contribution in [0.25, 0.3) is 16.8 Å². The number of benzene rings is 2. The van der Waals surface area contributed by atoms with Crippen molar-refractivity contribution < 1.29 is 4.79 Å². The zero-order chi connectivity index (χ0) is 19.5. The Hall–Kier alpha value is -2.70. The molecule has 2 unspecified atom stereocenters. The summed E-state index contributed by atoms with van der Waals surface area (Å²) in [6.45, 7) is 4.98. The molecule has 0 bridgehead atoms. The summed E-state index contributed by atoms with van der Waals surface area (Å²) in [7, 11) is 0. The van der Waals surface area contributed by atoms with Crippen LogP contribution >= 0.6 is 12.4 Å². The van der Waals surface area contributed by atoms with Crippen LogP contribution in [0.5, 0.6) is 0 Å². The minimum absolute atomic E-state index is 0. The van der Waals surface area contributed by atoms with Gasteiger partial charge in [-0.2, -0.15) is 0 Å². The van der Waals surface area contributed by atoms with Gasteiger partial charge in [-0.1, -0.05) is 47.7 Å². The van der Waals surface area contributed by atoms with Gasteiger partial charge in [-0.15, -0.1) is 17.5 Å². The van der Waals surface area contributed by atoms with E-state index < -0.39 is 0 Å². The lowest BCUT2D eigenvalue weighted by Gasteiger charge is -2.30. The zero-order valence-electron chi connectivity index (χ0n) is 16.6. The number of halogens is 1. The number of amides is 1. The number of hydrogen-bond acceptors (Lipinski definition) is 4. The van der Waals surface area contributed by atoms with E-state index in [4.69, 9.17) is 0 Å². The van der Waals surface area contributed by atoms with Crippen LogP contribution in [0.1, 0.15) is 35.9 Å². The van der Waals surface area contributed by atoms with Crippen LogP contribution in [0.3, 0.4) is 0 Å². The van der Waals surface area contributed by atoms with Gasteiger partial charge in [0, 0.05) is 12.1 Å². The van der Waals surface area contributed by atoms with Crippen LogP contribution in [-0.4, -0.2) is 39.5 Å². The lowest BCUT2D eigenvalue weighted by Crippen LogP contribution is -2.52. The van der Waals surface area contributed by atoms with Crippen LogP contribution in [0, 0.1) is 6.92 Å². The SMILES string of the molecule is Cc1c(C(=O)NC2CCCNC2C)nnn1-c1ccc(-c2ccccc2)cc1.Cl. The summed E-state index contributed by atoms with van der Waals surface area (Å²) in [5.74, 6) is -0.162. The molecule has 0 aliphatic carbocycles. The Balaban J connectivity index is 0.00000240. The number of nitrogens with zero attached hydrogens (tertiary/aromatic N) is 3. The third kappa shape index (κ3) is 4.49. The summed E-state index contributed by atoms with van der Waals surface area (Å²) >= 11 is 0. The first kappa shape index (κ1) is 21.0. The Morgan fingerprint density at radius 2 is 1.79 bits per heavy atom. The monoisotopic (exact) mass is 411 g/mol. The molecule has 1 aromatic heterocycles. The lowest BCUT2D eigenvalue weighted by atomic mass is 10.00. The van der Waals surface area contributed by atoms with Crippen molar-refractivity contribution in [3.8, 4) is 16.8 Å². The molecule has 1 fully saturated rings. The smallest absolute Gasteiger partial charge is 0.274 e. The maximum absolute atomic E-state index is 12.7. The van der Waals surface area contributed by atoms with Gasteiger partial charge in [-0.3, -0.25) is 4.79 Å². The third-order valence-corrected chi connectivity index (χ3v) is 5.41. The summed E-state index contributed by atoms with van der Waals surface area (Å²) in [5.41, 5.74) is 4.31. The normalized spacial score (nSPS) is 18.7. The summed E-state index contributed by atoms with van der Waals surface area (Å²) in [5, 5.41) is 14.9. The van der Waals surface area contributed by atoms with Crippen molar-refractivity contribution in [2.24, 2.45) is 0 Å². The fourth-order valence-electron chi connectivity index (χ4n) is 3.69. The van der Waals surface area contributed by atoms with Crippen molar-refractivity contribution in [1.29, 1.82) is 0 Å². The first-order chi connectivity index (χ1) is 13.6. The highest BCUT2D eigenvalue weighted by Gasteiger charge is 2.25. The summed E-state index contributed by atoms with van der Waals surface area (Å²) in [6.07, 6.45) is 2.04. The third-order valence-electron chi connectivity index (χ3n) is 5.41. The molecule has 2 heterocycles. The summed E-state index contributed by atoms with van der Waals surface area (Å²) < 4.78 is 1.71. The number of carbonyl (C=O) groups excluding carboxylic acids is 1. The summed E-state index contributed by atoms with van der Waals surface area (Å²) in [6, 6.07) is 18.7. The molecule has 7 heteroatoms. The van der Waals surface area contributed by atoms with Gasteiger partial charge in [-0.25, -0.2) is 4.68 Å². The molecule has 1 saturated heterocycles. The highest BCUT2D eigenvalue weighted by Crippen LogP contribution is 2.21. The number of nitrogens with one attached hydrogen (secondary N) is 2. The van der Waals surface area contributed by atoms with Gasteiger partial charge in [0.05, 0.1) is 11.4 Å². The van der Waals surface area contributed by atoms with Gasteiger partial charge in [0.25, 0.3) is 5.91 Å². The van der Waals surface area contributed by atoms with E-state index in [1.54, 1.807) is 4.68 Å². The van der Waals surface area contributed by atoms with E-state index in [-0.39, 0.29) is 30.4 Å². The molecule has 152 valence electrons. The average Bonchev–Trinajstić information content (AvgIpc) is 3.12. The van der Waals surface area contributed by atoms with E-state index in [0.29, 0.717) is 5.69 Å². The molecule has 2 aromatic carbocycles. The van der Waals surface area contributed by atoms with Gasteiger partial charge in [0.2, 0.25) is 0 Å². The first-order valence-corrected chi connectivity index (χ1v) is 9.76. The highest BCUT2D eigenvalue weighted by atomic mass is 35.5. The molecule has 2 atom stereocenters. The molecule has 0 saturated carbocycles. The topological polar surface area (TPSA) is 71.8 Å². The minimum atomic E-state index is -0.162. The minimum Gasteiger partial charge on any atom is -0.346 e. The fraction of sp³-hybridized carbons (Fsp3) is 0.318. The predicted octanol–water partition coefficient (Wildman–Crippen LogP) is 3.53. The van der Waals surface area contributed by atoms with E-state index in [0.717, 1.165) is 36.3 Å². The van der Waals surface area contributed by atoms with E-state index >= 15 is 0 Å². The van der Waals surface area contributed by atoms with Crippen molar-refractivity contribution in [2.45, 2.75) is 38.8 Å². The quantitative estimate of drug-likeness (QED) is 0.688. The molecule has 3 aromatic rings. The van der Waals surface area contributed by atoms with Crippen molar-refractivity contribution in [2.75, 3.05) is 6.54 Å². The molecular weight excluding hydrogens is 386 g/mol. The summed E-state index contributed by atoms with van der Waals surface area (Å²) in [4.78, 5) is 12.7. The Morgan fingerprint density at radius 1 is 1.10 bits per heavy atom. The molecule has 1 aliphatic rings. The Labute approximate surface area is 177 Å². The van der Waals surface area contributed by atoms with Crippen molar-refractivity contribution in [3.05, 3.63) is 66.0 Å². The van der Waals surface area contributed by atoms with Gasteiger partial charge < -0.3 is 10.6 Å². The van der Waals surface area contributed by atoms with E-state index in [1.807, 2.05) is 37.3 Å². The molecule has 4 rings (SSSR count). The Morgan fingerprint density at radius 3 is 2.48 bits per heavy atom. The Kier molecular flexibility index (Phi) is 6.67. The molecule has 2 N–H and O–H groups in total. The van der Waals surface area contributed by atoms with Crippen LogP contribution in [-0.2, 0) is 0 Å². The maximum atomic E-state index is 12.7. The maximum Gasteiger partial charge on any atom is 0.274 e. The second-order valence-corrected chi connectivity index (χ2v) is 7.31. The molecule has 29 heavy (non-hydrogen) atoms. The molecule has 1 amide bonds. The van der Waals surface area contributed by atoms with E-state index in [1.165, 1.54) is 5.56 Å². The number of hydrogen-bond donors (Lipinski definition) is 2. The molecule has 0 spiro atoms. The second-order valence-electron chi connectivity index (χ2n) is 7.31. The predicted molar refractivity (Wildman–Crippen MR) is 117 cm³/mol. The molecule has 6 nitrogen and oxygen atoms in total. The zero-order valence-corrected chi connectivity index (χ0v) is 17.4. The number of aromatic nitrogens is 3. The van der Waals surface area contributed by atoms with E-state index in [9.17, 15) is 4.79 Å². The average molecular weight is 412 g/mol. The largest absolute Gasteiger partial charge is 0.346 e. The van der Waals surface area contributed by atoms with Crippen LogP contribution in [0.4, 0.5) is 0 Å². The van der Waals surface area contributed by atoms with Crippen molar-refractivity contribution in [1.82, 2.24) is 25.6 Å². The second kappa shape index (κ2) is 9.20. The standard InChI is InChI=1S/C22H25N5O.ClH/c1-15-20(9-6-14-23-15)24-22(28)21-16(2)27(26-25-21)19-12-10-18(11-13-19)17-7-4-3-5-8-17;/h3-5,7-8,10-13,15,20,23H,6,9,14H2,1-2H3,(H,24,28);1H. The van der Waals surface area contributed by atoms with Crippen LogP contribution in [0.2, 0.25) is 0 Å². The first-order valence-electron chi connectivity index (χ1n) is 9.76. The van der Waals surface area contributed by atoms with Gasteiger partial charge in [0.15, 0.2) is 5.69 Å². The van der Waals surface area contributed by atoms with Crippen molar-refractivity contribution >= 4 is 18.3 Å². The number of carbonyl (C=O) groups is 1. The fourth-order valence-corrected chi connectivity index (χ4v) is 3.69. The number of rotatable bonds is 4. The van der Waals surface area contributed by atoms with Gasteiger partial charge in [0.1, 0.15) is 0 Å². The highest BCUT2D eigenvalue weighted by molar-refractivity contribution is 5.93. The van der Waals surface area contributed by atoms with Crippen LogP contribution < -0.4 is 10.6 Å². The molecule has 1 aliphatic heterocycles. The van der Waals surface area contributed by atoms with Crippen molar-refractivity contribution in [3.63, 3.8) is 0 Å². The van der Waals surface area contributed by atoms with Gasteiger partial charge in [-0.05, 0) is 56.5 Å². The molecular formula is C22H26ClN5O. The van der Waals surface area contributed by atoms with Crippen LogP contribution in [0.15, 0.2) is 54.6 Å². The number of piperidine rings is 1.